The van der Waals surface area contributed by atoms with E-state index >= 15 is 0 Å². The summed E-state index contributed by atoms with van der Waals surface area (Å²) in [7, 11) is 0. The molecule has 4 unspecified atom stereocenters. The molecule has 0 bridgehead atoms. The monoisotopic (exact) mass is 393 g/mol. The van der Waals surface area contributed by atoms with E-state index in [4.69, 9.17) is 0 Å². The average molecular weight is 394 g/mol. The van der Waals surface area contributed by atoms with E-state index in [9.17, 15) is 19.5 Å². The molecule has 28 heavy (non-hydrogen) atoms. The zero-order chi connectivity index (χ0) is 20.3. The SMILES string of the molecule is CC(C)CNC(=O)N1CCCC(CC(=O)N2C(C(=O)O)CC3CCCCC32)C1. The molecule has 3 aliphatic rings. The number of carboxylic acids is 1. The first-order chi connectivity index (χ1) is 13.4. The van der Waals surface area contributed by atoms with Crippen molar-refractivity contribution in [2.75, 3.05) is 19.6 Å². The third-order valence-corrected chi connectivity index (χ3v) is 6.59. The van der Waals surface area contributed by atoms with Gasteiger partial charge >= 0.3 is 12.0 Å². The standard InChI is InChI=1S/C21H35N3O4/c1-14(2)12-22-21(28)23-9-5-6-15(13-23)10-19(25)24-17-8-4-3-7-16(17)11-18(24)20(26)27/h14-18H,3-13H2,1-2H3,(H,22,28)(H,26,27). The summed E-state index contributed by atoms with van der Waals surface area (Å²) in [5.41, 5.74) is 0. The number of piperidine rings is 1. The summed E-state index contributed by atoms with van der Waals surface area (Å²) in [5, 5.41) is 12.6. The molecule has 2 N–H and O–H groups in total. The van der Waals surface area contributed by atoms with Crippen LogP contribution in [0.2, 0.25) is 0 Å². The second kappa shape index (κ2) is 9.14. The third kappa shape index (κ3) is 4.78. The number of rotatable bonds is 5. The second-order valence-electron chi connectivity index (χ2n) is 9.24. The van der Waals surface area contributed by atoms with Crippen LogP contribution in [0.1, 0.15) is 65.2 Å². The summed E-state index contributed by atoms with van der Waals surface area (Å²) in [5.74, 6) is -0.0541. The van der Waals surface area contributed by atoms with Crippen molar-refractivity contribution in [3.8, 4) is 0 Å². The zero-order valence-corrected chi connectivity index (χ0v) is 17.2. The first-order valence-corrected chi connectivity index (χ1v) is 10.9. The van der Waals surface area contributed by atoms with Crippen LogP contribution in [0, 0.1) is 17.8 Å². The van der Waals surface area contributed by atoms with Gasteiger partial charge in [0.15, 0.2) is 0 Å². The van der Waals surface area contributed by atoms with Crippen LogP contribution in [0.4, 0.5) is 4.79 Å². The van der Waals surface area contributed by atoms with Gasteiger partial charge in [-0.05, 0) is 49.9 Å². The van der Waals surface area contributed by atoms with Crippen molar-refractivity contribution in [3.63, 3.8) is 0 Å². The van der Waals surface area contributed by atoms with Crippen LogP contribution < -0.4 is 5.32 Å². The number of carboxylic acid groups (broad SMARTS) is 1. The number of fused-ring (bicyclic) bond motifs is 1. The Morgan fingerprint density at radius 3 is 2.57 bits per heavy atom. The van der Waals surface area contributed by atoms with E-state index < -0.39 is 12.0 Å². The molecule has 4 atom stereocenters. The fourth-order valence-corrected chi connectivity index (χ4v) is 5.21. The number of nitrogens with one attached hydrogen (secondary N) is 1. The molecule has 7 nitrogen and oxygen atoms in total. The maximum absolute atomic E-state index is 13.1. The summed E-state index contributed by atoms with van der Waals surface area (Å²) in [4.78, 5) is 40.8. The highest BCUT2D eigenvalue weighted by atomic mass is 16.4. The lowest BCUT2D eigenvalue weighted by Crippen LogP contribution is -2.49. The highest BCUT2D eigenvalue weighted by Gasteiger charge is 2.47. The smallest absolute Gasteiger partial charge is 0.326 e. The number of carbonyl (C=O) groups excluding carboxylic acids is 2. The van der Waals surface area contributed by atoms with Gasteiger partial charge < -0.3 is 20.2 Å². The fourth-order valence-electron chi connectivity index (χ4n) is 5.21. The number of likely N-dealkylation sites (tertiary alicyclic amines) is 2. The summed E-state index contributed by atoms with van der Waals surface area (Å²) in [6.45, 7) is 6.07. The molecule has 3 rings (SSSR count). The highest BCUT2D eigenvalue weighted by Crippen LogP contribution is 2.40. The summed E-state index contributed by atoms with van der Waals surface area (Å²) < 4.78 is 0. The number of hydrogen-bond donors (Lipinski definition) is 2. The molecule has 0 aromatic carbocycles. The third-order valence-electron chi connectivity index (χ3n) is 6.59. The molecule has 3 amide bonds. The van der Waals surface area contributed by atoms with E-state index in [0.717, 1.165) is 45.1 Å². The van der Waals surface area contributed by atoms with Crippen LogP contribution in [0.15, 0.2) is 0 Å². The van der Waals surface area contributed by atoms with Gasteiger partial charge in [-0.25, -0.2) is 9.59 Å². The minimum atomic E-state index is -0.874. The van der Waals surface area contributed by atoms with Crippen molar-refractivity contribution in [2.45, 2.75) is 77.3 Å². The lowest BCUT2D eigenvalue weighted by molar-refractivity contribution is -0.150. The average Bonchev–Trinajstić information content (AvgIpc) is 3.06. The van der Waals surface area contributed by atoms with Crippen LogP contribution in [0.3, 0.4) is 0 Å². The zero-order valence-electron chi connectivity index (χ0n) is 17.2. The topological polar surface area (TPSA) is 90.0 Å². The van der Waals surface area contributed by atoms with E-state index in [1.807, 2.05) is 4.90 Å². The largest absolute Gasteiger partial charge is 0.480 e. The molecule has 2 aliphatic heterocycles. The number of aliphatic carboxylic acids is 1. The second-order valence-corrected chi connectivity index (χ2v) is 9.24. The summed E-state index contributed by atoms with van der Waals surface area (Å²) >= 11 is 0. The van der Waals surface area contributed by atoms with Crippen molar-refractivity contribution in [2.24, 2.45) is 17.8 Å². The fraction of sp³-hybridized carbons (Fsp3) is 0.857. The van der Waals surface area contributed by atoms with Gasteiger partial charge in [-0.3, -0.25) is 4.79 Å². The quantitative estimate of drug-likeness (QED) is 0.751. The molecule has 3 fully saturated rings. The van der Waals surface area contributed by atoms with E-state index in [0.29, 0.717) is 37.8 Å². The number of nitrogens with zero attached hydrogens (tertiary/aromatic N) is 2. The Labute approximate surface area is 167 Å². The van der Waals surface area contributed by atoms with Crippen molar-refractivity contribution in [1.82, 2.24) is 15.1 Å². The van der Waals surface area contributed by atoms with E-state index in [-0.39, 0.29) is 23.9 Å². The Morgan fingerprint density at radius 2 is 1.86 bits per heavy atom. The molecule has 2 heterocycles. The Morgan fingerprint density at radius 1 is 1.11 bits per heavy atom. The van der Waals surface area contributed by atoms with Crippen molar-refractivity contribution < 1.29 is 19.5 Å². The van der Waals surface area contributed by atoms with Gasteiger partial charge in [-0.2, -0.15) is 0 Å². The van der Waals surface area contributed by atoms with Crippen molar-refractivity contribution >= 4 is 17.9 Å². The Balaban J connectivity index is 1.59. The number of amides is 3. The first kappa shape index (κ1) is 20.9. The Hall–Kier alpha value is -1.79. The van der Waals surface area contributed by atoms with Gasteiger partial charge in [0, 0.05) is 32.1 Å². The minimum absolute atomic E-state index is 0.0313. The van der Waals surface area contributed by atoms with Gasteiger partial charge in [0.2, 0.25) is 5.91 Å². The molecule has 1 saturated carbocycles. The van der Waals surface area contributed by atoms with Crippen LogP contribution >= 0.6 is 0 Å². The van der Waals surface area contributed by atoms with Gasteiger partial charge in [-0.15, -0.1) is 0 Å². The van der Waals surface area contributed by atoms with Gasteiger partial charge in [-0.1, -0.05) is 26.7 Å². The van der Waals surface area contributed by atoms with Crippen molar-refractivity contribution in [3.05, 3.63) is 0 Å². The molecule has 0 aromatic rings. The molecular weight excluding hydrogens is 358 g/mol. The summed E-state index contributed by atoms with van der Waals surface area (Å²) in [6.07, 6.45) is 6.92. The predicted molar refractivity (Wildman–Crippen MR) is 106 cm³/mol. The number of carbonyl (C=O) groups is 3. The lowest BCUT2D eigenvalue weighted by atomic mass is 9.84. The number of hydrogen-bond acceptors (Lipinski definition) is 3. The Kier molecular flexibility index (Phi) is 6.83. The van der Waals surface area contributed by atoms with Crippen LogP contribution in [0.25, 0.3) is 0 Å². The molecule has 0 spiro atoms. The van der Waals surface area contributed by atoms with Crippen LogP contribution in [0.5, 0.6) is 0 Å². The van der Waals surface area contributed by atoms with Gasteiger partial charge in [0.05, 0.1) is 0 Å². The molecule has 158 valence electrons. The highest BCUT2D eigenvalue weighted by molar-refractivity contribution is 5.85. The van der Waals surface area contributed by atoms with E-state index in [2.05, 4.69) is 19.2 Å². The normalized spacial score (nSPS) is 30.2. The minimum Gasteiger partial charge on any atom is -0.480 e. The molecule has 0 aromatic heterocycles. The summed E-state index contributed by atoms with van der Waals surface area (Å²) in [6, 6.07) is -0.631. The molecular formula is C21H35N3O4. The predicted octanol–water partition coefficient (Wildman–Crippen LogP) is 2.70. The Bertz CT molecular complexity index is 594. The maximum Gasteiger partial charge on any atom is 0.326 e. The molecule has 7 heteroatoms. The molecule has 2 saturated heterocycles. The first-order valence-electron chi connectivity index (χ1n) is 10.9. The molecule has 0 radical (unpaired) electrons. The van der Waals surface area contributed by atoms with Gasteiger partial charge in [0.1, 0.15) is 6.04 Å². The lowest BCUT2D eigenvalue weighted by Gasteiger charge is -2.36. The molecule has 1 aliphatic carbocycles. The van der Waals surface area contributed by atoms with E-state index in [1.165, 1.54) is 0 Å². The van der Waals surface area contributed by atoms with Gasteiger partial charge in [0.25, 0.3) is 0 Å². The van der Waals surface area contributed by atoms with Crippen LogP contribution in [-0.4, -0.2) is 64.5 Å². The number of urea groups is 1. The van der Waals surface area contributed by atoms with Crippen molar-refractivity contribution in [1.29, 1.82) is 0 Å². The maximum atomic E-state index is 13.1. The van der Waals surface area contributed by atoms with E-state index in [1.54, 1.807) is 4.90 Å². The van der Waals surface area contributed by atoms with Crippen LogP contribution in [-0.2, 0) is 9.59 Å².